The lowest BCUT2D eigenvalue weighted by Gasteiger charge is -2.14. The fraction of sp³-hybridized carbons (Fsp3) is 0. The van der Waals surface area contributed by atoms with Crippen LogP contribution in [0.1, 0.15) is 0 Å². The molecular weight excluding hydrogens is 492 g/mol. The van der Waals surface area contributed by atoms with Gasteiger partial charge in [0.25, 0.3) is 0 Å². The molecular formula is C32H21BrN2. The third-order valence-corrected chi connectivity index (χ3v) is 6.71. The smallest absolute Gasteiger partial charge is 0.160 e. The average molecular weight is 513 g/mol. The van der Waals surface area contributed by atoms with Crippen molar-refractivity contribution in [2.75, 3.05) is 0 Å². The summed E-state index contributed by atoms with van der Waals surface area (Å²) in [5.41, 5.74) is 7.39. The summed E-state index contributed by atoms with van der Waals surface area (Å²) in [6.45, 7) is 0. The highest BCUT2D eigenvalue weighted by Crippen LogP contribution is 2.37. The Morgan fingerprint density at radius 2 is 0.971 bits per heavy atom. The maximum Gasteiger partial charge on any atom is 0.160 e. The van der Waals surface area contributed by atoms with Gasteiger partial charge >= 0.3 is 0 Å². The molecule has 35 heavy (non-hydrogen) atoms. The van der Waals surface area contributed by atoms with Crippen LogP contribution in [0.3, 0.4) is 0 Å². The monoisotopic (exact) mass is 512 g/mol. The van der Waals surface area contributed by atoms with E-state index in [2.05, 4.69) is 107 Å². The highest BCUT2D eigenvalue weighted by atomic mass is 79.9. The molecule has 0 aliphatic carbocycles. The van der Waals surface area contributed by atoms with Gasteiger partial charge in [-0.15, -0.1) is 0 Å². The molecule has 1 aromatic heterocycles. The molecule has 0 saturated heterocycles. The number of nitrogens with zero attached hydrogens (tertiary/aromatic N) is 2. The minimum Gasteiger partial charge on any atom is -0.228 e. The first kappa shape index (κ1) is 21.5. The van der Waals surface area contributed by atoms with Crippen LogP contribution in [-0.2, 0) is 0 Å². The van der Waals surface area contributed by atoms with Crippen LogP contribution in [0.25, 0.3) is 55.8 Å². The number of fused-ring (bicyclic) bond motifs is 1. The summed E-state index contributed by atoms with van der Waals surface area (Å²) >= 11 is 3.55. The zero-order valence-corrected chi connectivity index (χ0v) is 20.5. The predicted molar refractivity (Wildman–Crippen MR) is 149 cm³/mol. The number of rotatable bonds is 4. The minimum absolute atomic E-state index is 0.725. The molecule has 0 radical (unpaired) electrons. The molecule has 2 nitrogen and oxygen atoms in total. The van der Waals surface area contributed by atoms with Crippen molar-refractivity contribution in [1.82, 2.24) is 9.97 Å². The number of benzene rings is 5. The van der Waals surface area contributed by atoms with Crippen molar-refractivity contribution in [3.8, 4) is 45.0 Å². The number of hydrogen-bond acceptors (Lipinski definition) is 2. The molecule has 0 aliphatic heterocycles. The second-order valence-corrected chi connectivity index (χ2v) is 9.32. The summed E-state index contributed by atoms with van der Waals surface area (Å²) in [6, 6.07) is 44.0. The molecule has 0 atom stereocenters. The largest absolute Gasteiger partial charge is 0.228 e. The van der Waals surface area contributed by atoms with Gasteiger partial charge in [-0.1, -0.05) is 125 Å². The van der Waals surface area contributed by atoms with Gasteiger partial charge in [0.15, 0.2) is 5.82 Å². The molecule has 0 spiro atoms. The van der Waals surface area contributed by atoms with Crippen molar-refractivity contribution in [3.05, 3.63) is 132 Å². The van der Waals surface area contributed by atoms with Gasteiger partial charge in [0.2, 0.25) is 0 Å². The highest BCUT2D eigenvalue weighted by molar-refractivity contribution is 9.10. The normalized spacial score (nSPS) is 11.0. The van der Waals surface area contributed by atoms with Crippen molar-refractivity contribution in [1.29, 1.82) is 0 Å². The topological polar surface area (TPSA) is 25.8 Å². The standard InChI is InChI=1S/C32H21BrN2/c33-25-17-15-22(16-18-25)26-19-20-29(28-14-8-7-13-27(26)28)31-21-30(23-9-3-1-4-10-23)34-32(35-31)24-11-5-2-6-12-24/h1-21H. The third kappa shape index (κ3) is 4.27. The Hall–Kier alpha value is -4.08. The van der Waals surface area contributed by atoms with E-state index < -0.39 is 0 Å². The van der Waals surface area contributed by atoms with E-state index in [1.54, 1.807) is 0 Å². The van der Waals surface area contributed by atoms with Crippen molar-refractivity contribution < 1.29 is 0 Å². The van der Waals surface area contributed by atoms with Gasteiger partial charge in [-0.3, -0.25) is 0 Å². The van der Waals surface area contributed by atoms with Crippen molar-refractivity contribution in [2.24, 2.45) is 0 Å². The summed E-state index contributed by atoms with van der Waals surface area (Å²) in [5, 5.41) is 2.37. The lowest BCUT2D eigenvalue weighted by Crippen LogP contribution is -1.96. The summed E-state index contributed by atoms with van der Waals surface area (Å²) in [7, 11) is 0. The number of halogens is 1. The van der Waals surface area contributed by atoms with Crippen LogP contribution in [0.4, 0.5) is 0 Å². The predicted octanol–water partition coefficient (Wildman–Crippen LogP) is 9.06. The molecule has 0 saturated carbocycles. The van der Waals surface area contributed by atoms with Crippen LogP contribution < -0.4 is 0 Å². The average Bonchev–Trinajstić information content (AvgIpc) is 2.94. The van der Waals surface area contributed by atoms with Crippen LogP contribution >= 0.6 is 15.9 Å². The summed E-state index contributed by atoms with van der Waals surface area (Å²) in [5.74, 6) is 0.725. The molecule has 5 aromatic carbocycles. The Labute approximate surface area is 213 Å². The Morgan fingerprint density at radius 3 is 1.66 bits per heavy atom. The summed E-state index contributed by atoms with van der Waals surface area (Å²) < 4.78 is 1.07. The lowest BCUT2D eigenvalue weighted by atomic mass is 9.93. The van der Waals surface area contributed by atoms with Gasteiger partial charge in [0.1, 0.15) is 0 Å². The second-order valence-electron chi connectivity index (χ2n) is 8.41. The molecule has 166 valence electrons. The quantitative estimate of drug-likeness (QED) is 0.235. The zero-order valence-electron chi connectivity index (χ0n) is 18.9. The first-order chi connectivity index (χ1) is 17.3. The fourth-order valence-corrected chi connectivity index (χ4v) is 4.73. The maximum atomic E-state index is 5.05. The molecule has 6 aromatic rings. The Morgan fingerprint density at radius 1 is 0.429 bits per heavy atom. The van der Waals surface area contributed by atoms with Crippen LogP contribution in [-0.4, -0.2) is 9.97 Å². The van der Waals surface area contributed by atoms with E-state index in [0.717, 1.165) is 38.4 Å². The first-order valence-electron chi connectivity index (χ1n) is 11.5. The van der Waals surface area contributed by atoms with Gasteiger partial charge in [-0.05, 0) is 40.1 Å². The van der Waals surface area contributed by atoms with Gasteiger partial charge in [-0.25, -0.2) is 9.97 Å². The zero-order chi connectivity index (χ0) is 23.6. The van der Waals surface area contributed by atoms with Gasteiger partial charge in [-0.2, -0.15) is 0 Å². The molecule has 0 aliphatic rings. The van der Waals surface area contributed by atoms with Crippen molar-refractivity contribution in [3.63, 3.8) is 0 Å². The Balaban J connectivity index is 1.58. The maximum absolute atomic E-state index is 5.05. The summed E-state index contributed by atoms with van der Waals surface area (Å²) in [4.78, 5) is 9.98. The molecule has 0 N–H and O–H groups in total. The van der Waals surface area contributed by atoms with Crippen molar-refractivity contribution >= 4 is 26.7 Å². The molecule has 6 rings (SSSR count). The van der Waals surface area contributed by atoms with Gasteiger partial charge < -0.3 is 0 Å². The van der Waals surface area contributed by atoms with Crippen LogP contribution in [0.5, 0.6) is 0 Å². The minimum atomic E-state index is 0.725. The fourth-order valence-electron chi connectivity index (χ4n) is 4.46. The van der Waals surface area contributed by atoms with E-state index in [1.807, 2.05) is 36.4 Å². The molecule has 1 heterocycles. The van der Waals surface area contributed by atoms with Gasteiger partial charge in [0, 0.05) is 21.2 Å². The molecule has 0 bridgehead atoms. The Bertz CT molecular complexity index is 1570. The van der Waals surface area contributed by atoms with Gasteiger partial charge in [0.05, 0.1) is 11.4 Å². The lowest BCUT2D eigenvalue weighted by molar-refractivity contribution is 1.18. The van der Waals surface area contributed by atoms with Crippen molar-refractivity contribution in [2.45, 2.75) is 0 Å². The van der Waals surface area contributed by atoms with Crippen LogP contribution in [0.15, 0.2) is 132 Å². The van der Waals surface area contributed by atoms with E-state index in [4.69, 9.17) is 9.97 Å². The Kier molecular flexibility index (Phi) is 5.69. The van der Waals surface area contributed by atoms with E-state index >= 15 is 0 Å². The summed E-state index contributed by atoms with van der Waals surface area (Å²) in [6.07, 6.45) is 0. The third-order valence-electron chi connectivity index (χ3n) is 6.18. The first-order valence-corrected chi connectivity index (χ1v) is 12.3. The van der Waals surface area contributed by atoms with E-state index in [-0.39, 0.29) is 0 Å². The van der Waals surface area contributed by atoms with Crippen LogP contribution in [0, 0.1) is 0 Å². The molecule has 0 unspecified atom stereocenters. The molecule has 0 fully saturated rings. The SMILES string of the molecule is Brc1ccc(-c2ccc(-c3cc(-c4ccccc4)nc(-c4ccccc4)n3)c3ccccc23)cc1. The van der Waals surface area contributed by atoms with Crippen LogP contribution in [0.2, 0.25) is 0 Å². The molecule has 0 amide bonds. The molecule has 3 heteroatoms. The number of hydrogen-bond donors (Lipinski definition) is 0. The number of aromatic nitrogens is 2. The second kappa shape index (κ2) is 9.28. The highest BCUT2D eigenvalue weighted by Gasteiger charge is 2.14. The van der Waals surface area contributed by atoms with E-state index in [1.165, 1.54) is 21.9 Å². The van der Waals surface area contributed by atoms with E-state index in [0.29, 0.717) is 0 Å². The van der Waals surface area contributed by atoms with E-state index in [9.17, 15) is 0 Å².